The fraction of sp³-hybridized carbons (Fsp3) is 0.750. The zero-order valence-corrected chi connectivity index (χ0v) is 11.1. The monoisotopic (exact) mass is 272 g/mol. The van der Waals surface area contributed by atoms with Gasteiger partial charge in [0, 0.05) is 0 Å². The Hall–Kier alpha value is -0.200. The van der Waals surface area contributed by atoms with Crippen molar-refractivity contribution in [3.8, 4) is 0 Å². The van der Waals surface area contributed by atoms with E-state index in [9.17, 15) is 13.0 Å². The highest BCUT2D eigenvalue weighted by atomic mass is 32.2. The Kier molecular flexibility index (Phi) is 7.10. The maximum atomic E-state index is 11.9. The van der Waals surface area contributed by atoms with Crippen LogP contribution >= 0.6 is 7.60 Å². The SMILES string of the molecule is C=CCOS(=O)(=O)CP(=O)(OCC)OCC. The smallest absolute Gasteiger partial charge is 0.308 e. The van der Waals surface area contributed by atoms with Crippen molar-refractivity contribution in [1.29, 1.82) is 0 Å². The van der Waals surface area contributed by atoms with Crippen LogP contribution in [-0.2, 0) is 27.9 Å². The molecule has 0 saturated heterocycles. The van der Waals surface area contributed by atoms with Gasteiger partial charge in [-0.3, -0.25) is 8.75 Å². The van der Waals surface area contributed by atoms with Gasteiger partial charge in [-0.1, -0.05) is 6.08 Å². The summed E-state index contributed by atoms with van der Waals surface area (Å²) in [5.74, 6) is 0. The number of hydrogen-bond donors (Lipinski definition) is 0. The molecule has 0 unspecified atom stereocenters. The molecule has 0 spiro atoms. The summed E-state index contributed by atoms with van der Waals surface area (Å²) < 4.78 is 48.7. The lowest BCUT2D eigenvalue weighted by Gasteiger charge is -2.16. The summed E-state index contributed by atoms with van der Waals surface area (Å²) in [5, 5.41) is 0. The highest BCUT2D eigenvalue weighted by Gasteiger charge is 2.32. The Morgan fingerprint density at radius 2 is 1.75 bits per heavy atom. The van der Waals surface area contributed by atoms with Crippen molar-refractivity contribution in [1.82, 2.24) is 0 Å². The Bertz CT molecular complexity index is 340. The average Bonchev–Trinajstić information content (AvgIpc) is 2.14. The Balaban J connectivity index is 4.61. The number of hydrogen-bond acceptors (Lipinski definition) is 6. The van der Waals surface area contributed by atoms with Crippen LogP contribution in [0.2, 0.25) is 0 Å². The molecule has 0 aromatic carbocycles. The van der Waals surface area contributed by atoms with Crippen LogP contribution in [0.1, 0.15) is 13.8 Å². The molecule has 8 heteroatoms. The van der Waals surface area contributed by atoms with Crippen LogP contribution in [0.3, 0.4) is 0 Å². The van der Waals surface area contributed by atoms with Crippen molar-refractivity contribution < 1.29 is 26.2 Å². The van der Waals surface area contributed by atoms with Crippen LogP contribution < -0.4 is 0 Å². The lowest BCUT2D eigenvalue weighted by atomic mass is 10.7. The van der Waals surface area contributed by atoms with E-state index in [1.54, 1.807) is 13.8 Å². The summed E-state index contributed by atoms with van der Waals surface area (Å²) in [4.78, 5) is 0. The molecule has 0 aliphatic rings. The van der Waals surface area contributed by atoms with Gasteiger partial charge in [-0.2, -0.15) is 8.42 Å². The van der Waals surface area contributed by atoms with E-state index in [-0.39, 0.29) is 19.8 Å². The maximum Gasteiger partial charge on any atom is 0.348 e. The van der Waals surface area contributed by atoms with Gasteiger partial charge in [0.25, 0.3) is 10.1 Å². The summed E-state index contributed by atoms with van der Waals surface area (Å²) in [5.41, 5.74) is -0.782. The van der Waals surface area contributed by atoms with Crippen molar-refractivity contribution in [3.63, 3.8) is 0 Å². The van der Waals surface area contributed by atoms with Gasteiger partial charge >= 0.3 is 7.60 Å². The largest absolute Gasteiger partial charge is 0.348 e. The van der Waals surface area contributed by atoms with E-state index >= 15 is 0 Å². The highest BCUT2D eigenvalue weighted by Crippen LogP contribution is 2.49. The minimum atomic E-state index is -3.93. The summed E-state index contributed by atoms with van der Waals surface area (Å²) in [6.45, 7) is 6.56. The molecule has 0 aliphatic carbocycles. The Labute approximate surface area is 96.2 Å². The van der Waals surface area contributed by atoms with E-state index in [1.807, 2.05) is 0 Å². The van der Waals surface area contributed by atoms with E-state index in [2.05, 4.69) is 10.8 Å². The summed E-state index contributed by atoms with van der Waals surface area (Å²) >= 11 is 0. The first-order chi connectivity index (χ1) is 7.39. The van der Waals surface area contributed by atoms with Crippen LogP contribution in [0.4, 0.5) is 0 Å². The molecule has 0 amide bonds. The molecule has 96 valence electrons. The number of rotatable bonds is 9. The predicted octanol–water partition coefficient (Wildman–Crippen LogP) is 1.74. The van der Waals surface area contributed by atoms with Crippen molar-refractivity contribution in [2.75, 3.05) is 25.3 Å². The molecule has 0 N–H and O–H groups in total. The molecule has 0 aromatic heterocycles. The van der Waals surface area contributed by atoms with Gasteiger partial charge in [0.05, 0.1) is 19.8 Å². The van der Waals surface area contributed by atoms with E-state index in [4.69, 9.17) is 9.05 Å². The Morgan fingerprint density at radius 1 is 1.25 bits per heavy atom. The van der Waals surface area contributed by atoms with E-state index in [0.29, 0.717) is 0 Å². The van der Waals surface area contributed by atoms with Gasteiger partial charge in [0.1, 0.15) is 0 Å². The third-order valence-corrected chi connectivity index (χ3v) is 5.66. The molecule has 0 aromatic rings. The molecule has 0 fully saturated rings. The van der Waals surface area contributed by atoms with Crippen LogP contribution in [0.15, 0.2) is 12.7 Å². The lowest BCUT2D eigenvalue weighted by molar-refractivity contribution is 0.222. The van der Waals surface area contributed by atoms with Crippen molar-refractivity contribution in [3.05, 3.63) is 12.7 Å². The minimum absolute atomic E-state index is 0.105. The second-order valence-corrected chi connectivity index (χ2v) is 6.83. The van der Waals surface area contributed by atoms with Crippen LogP contribution in [-0.4, -0.2) is 33.7 Å². The van der Waals surface area contributed by atoms with E-state index in [1.165, 1.54) is 6.08 Å². The molecular weight excluding hydrogens is 255 g/mol. The quantitative estimate of drug-likeness (QED) is 0.361. The standard InChI is InChI=1S/C8H17O6PS/c1-4-7-14-16(10,11)8-15(9,12-5-2)13-6-3/h4H,1,5-8H2,2-3H3. The third-order valence-electron chi connectivity index (χ3n) is 1.33. The zero-order valence-electron chi connectivity index (χ0n) is 9.42. The van der Waals surface area contributed by atoms with Gasteiger partial charge in [0.2, 0.25) is 0 Å². The minimum Gasteiger partial charge on any atom is -0.308 e. The van der Waals surface area contributed by atoms with Gasteiger partial charge in [0.15, 0.2) is 5.49 Å². The summed E-state index contributed by atoms with van der Waals surface area (Å²) in [6, 6.07) is 0. The van der Waals surface area contributed by atoms with Gasteiger partial charge < -0.3 is 9.05 Å². The second-order valence-electron chi connectivity index (χ2n) is 2.71. The van der Waals surface area contributed by atoms with Crippen LogP contribution in [0, 0.1) is 0 Å². The maximum absolute atomic E-state index is 11.9. The van der Waals surface area contributed by atoms with E-state index in [0.717, 1.165) is 0 Å². The molecular formula is C8H17O6PS. The van der Waals surface area contributed by atoms with Crippen molar-refractivity contribution in [2.24, 2.45) is 0 Å². The molecule has 0 rings (SSSR count). The van der Waals surface area contributed by atoms with Crippen molar-refractivity contribution >= 4 is 17.7 Å². The first kappa shape index (κ1) is 15.8. The molecule has 0 aliphatic heterocycles. The second kappa shape index (κ2) is 7.19. The molecule has 16 heavy (non-hydrogen) atoms. The average molecular weight is 272 g/mol. The third kappa shape index (κ3) is 6.40. The first-order valence-electron chi connectivity index (χ1n) is 4.75. The normalized spacial score (nSPS) is 12.6. The molecule has 6 nitrogen and oxygen atoms in total. The molecule has 0 atom stereocenters. The van der Waals surface area contributed by atoms with Crippen LogP contribution in [0.5, 0.6) is 0 Å². The van der Waals surface area contributed by atoms with Crippen LogP contribution in [0.25, 0.3) is 0 Å². The molecule has 0 radical (unpaired) electrons. The molecule has 0 saturated carbocycles. The zero-order chi connectivity index (χ0) is 12.7. The fourth-order valence-corrected chi connectivity index (χ4v) is 4.50. The van der Waals surface area contributed by atoms with E-state index < -0.39 is 23.2 Å². The summed E-state index contributed by atoms with van der Waals surface area (Å²) in [6.07, 6.45) is 1.28. The topological polar surface area (TPSA) is 78.9 Å². The Morgan fingerprint density at radius 3 is 2.12 bits per heavy atom. The first-order valence-corrected chi connectivity index (χ1v) is 8.05. The summed E-state index contributed by atoms with van der Waals surface area (Å²) in [7, 11) is -7.56. The van der Waals surface area contributed by atoms with Crippen molar-refractivity contribution in [2.45, 2.75) is 13.8 Å². The van der Waals surface area contributed by atoms with Gasteiger partial charge in [-0.05, 0) is 13.8 Å². The molecule has 0 heterocycles. The fourth-order valence-electron chi connectivity index (χ4n) is 0.888. The predicted molar refractivity (Wildman–Crippen MR) is 60.8 cm³/mol. The van der Waals surface area contributed by atoms with Gasteiger partial charge in [-0.25, -0.2) is 0 Å². The lowest BCUT2D eigenvalue weighted by Crippen LogP contribution is -2.13. The highest BCUT2D eigenvalue weighted by molar-refractivity contribution is 7.93. The molecule has 0 bridgehead atoms. The van der Waals surface area contributed by atoms with Gasteiger partial charge in [-0.15, -0.1) is 6.58 Å².